The van der Waals surface area contributed by atoms with E-state index in [-0.39, 0.29) is 27.9 Å². The summed E-state index contributed by atoms with van der Waals surface area (Å²) in [7, 11) is -1.81. The second kappa shape index (κ2) is 7.84. The summed E-state index contributed by atoms with van der Waals surface area (Å²) < 4.78 is 18.2. The maximum Gasteiger partial charge on any atom is 0.334 e. The Morgan fingerprint density at radius 1 is 1.29 bits per heavy atom. The van der Waals surface area contributed by atoms with E-state index in [9.17, 15) is 4.79 Å². The van der Waals surface area contributed by atoms with E-state index in [0.717, 1.165) is 38.0 Å². The molecule has 174 valence electrons. The van der Waals surface area contributed by atoms with Gasteiger partial charge in [0.25, 0.3) is 0 Å². The molecule has 2 bridgehead atoms. The molecule has 0 aromatic carbocycles. The van der Waals surface area contributed by atoms with Crippen LogP contribution in [0.1, 0.15) is 66.7 Å². The van der Waals surface area contributed by atoms with Crippen molar-refractivity contribution in [2.75, 3.05) is 19.8 Å². The van der Waals surface area contributed by atoms with Gasteiger partial charge in [-0.15, -0.1) is 0 Å². The highest BCUT2D eigenvalue weighted by Gasteiger charge is 2.60. The zero-order valence-electron chi connectivity index (χ0n) is 20.7. The second-order valence-electron chi connectivity index (χ2n) is 12.3. The van der Waals surface area contributed by atoms with Gasteiger partial charge in [0.15, 0.2) is 8.32 Å². The zero-order chi connectivity index (χ0) is 22.7. The van der Waals surface area contributed by atoms with Crippen LogP contribution in [0, 0.1) is 22.7 Å². The molecule has 0 radical (unpaired) electrons. The standard InChI is InChI=1S/C26H42O4Si/c1-18-8-12-26-17-29-21(14-20(26)16-30-31(6,7)24(2,3)4)15-22(26)25(18,5)11-9-19-10-13-28-23(19)27/h10,14,18,21-22H,8-9,11-13,15-17H2,1-7H3/t18-,21+,22-,25+,26-/m1/s1. The van der Waals surface area contributed by atoms with E-state index in [1.54, 1.807) is 0 Å². The van der Waals surface area contributed by atoms with Gasteiger partial charge in [-0.1, -0.05) is 40.7 Å². The summed E-state index contributed by atoms with van der Waals surface area (Å²) in [6.45, 7) is 18.6. The number of ether oxygens (including phenoxy) is 2. The number of carbonyl (C=O) groups is 1. The first-order valence-corrected chi connectivity index (χ1v) is 15.1. The first-order valence-electron chi connectivity index (χ1n) is 12.2. The Bertz CT molecular complexity index is 792. The number of cyclic esters (lactones) is 1. The molecule has 0 aromatic heterocycles. The Morgan fingerprint density at radius 2 is 2.03 bits per heavy atom. The first-order chi connectivity index (χ1) is 14.4. The molecule has 3 heterocycles. The summed E-state index contributed by atoms with van der Waals surface area (Å²) >= 11 is 0. The fourth-order valence-corrected chi connectivity index (χ4v) is 7.20. The van der Waals surface area contributed by atoms with Crippen LogP contribution in [0.2, 0.25) is 18.1 Å². The van der Waals surface area contributed by atoms with Crippen molar-refractivity contribution in [1.82, 2.24) is 0 Å². The summed E-state index contributed by atoms with van der Waals surface area (Å²) in [6, 6.07) is 0. The lowest BCUT2D eigenvalue weighted by atomic mass is 9.45. The Kier molecular flexibility index (Phi) is 5.88. The zero-order valence-corrected chi connectivity index (χ0v) is 21.7. The lowest BCUT2D eigenvalue weighted by molar-refractivity contribution is -0.164. The fourth-order valence-electron chi connectivity index (χ4n) is 6.25. The molecule has 0 amide bonds. The highest BCUT2D eigenvalue weighted by atomic mass is 28.4. The van der Waals surface area contributed by atoms with Gasteiger partial charge in [-0.2, -0.15) is 0 Å². The number of hydrogen-bond donors (Lipinski definition) is 0. The number of esters is 1. The van der Waals surface area contributed by atoms with Gasteiger partial charge in [0.1, 0.15) is 6.61 Å². The molecular weight excluding hydrogens is 404 g/mol. The molecule has 5 atom stereocenters. The Labute approximate surface area is 189 Å². The van der Waals surface area contributed by atoms with Crippen molar-refractivity contribution in [3.63, 3.8) is 0 Å². The normalized spacial score (nSPS) is 37.9. The van der Waals surface area contributed by atoms with Crippen molar-refractivity contribution in [2.24, 2.45) is 22.7 Å². The molecule has 0 aromatic rings. The van der Waals surface area contributed by atoms with Crippen molar-refractivity contribution in [2.45, 2.75) is 91.0 Å². The van der Waals surface area contributed by atoms with Crippen LogP contribution >= 0.6 is 0 Å². The van der Waals surface area contributed by atoms with E-state index >= 15 is 0 Å². The summed E-state index contributed by atoms with van der Waals surface area (Å²) in [4.78, 5) is 12.0. The van der Waals surface area contributed by atoms with E-state index in [0.29, 0.717) is 18.4 Å². The molecule has 0 N–H and O–H groups in total. The van der Waals surface area contributed by atoms with Crippen LogP contribution in [0.25, 0.3) is 0 Å². The molecule has 4 nitrogen and oxygen atoms in total. The number of carbonyl (C=O) groups excluding carboxylic acids is 1. The molecule has 2 fully saturated rings. The van der Waals surface area contributed by atoms with Crippen LogP contribution in [0.5, 0.6) is 0 Å². The van der Waals surface area contributed by atoms with Gasteiger partial charge >= 0.3 is 5.97 Å². The van der Waals surface area contributed by atoms with E-state index < -0.39 is 8.32 Å². The molecule has 1 saturated carbocycles. The quantitative estimate of drug-likeness (QED) is 0.283. The molecule has 1 saturated heterocycles. The predicted octanol–water partition coefficient (Wildman–Crippen LogP) is 6.04. The predicted molar refractivity (Wildman–Crippen MR) is 126 cm³/mol. The molecule has 31 heavy (non-hydrogen) atoms. The van der Waals surface area contributed by atoms with Crippen molar-refractivity contribution in [3.05, 3.63) is 23.3 Å². The largest absolute Gasteiger partial charge is 0.458 e. The van der Waals surface area contributed by atoms with Crippen LogP contribution in [-0.2, 0) is 18.7 Å². The van der Waals surface area contributed by atoms with Gasteiger partial charge in [-0.05, 0) is 79.1 Å². The lowest BCUT2D eigenvalue weighted by Gasteiger charge is -2.63. The number of fused-ring (bicyclic) bond motifs is 1. The molecular formula is C26H42O4Si. The minimum absolute atomic E-state index is 0.100. The summed E-state index contributed by atoms with van der Waals surface area (Å²) in [6.07, 6.45) is 9.98. The summed E-state index contributed by atoms with van der Waals surface area (Å²) in [5.41, 5.74) is 2.67. The van der Waals surface area contributed by atoms with Crippen LogP contribution in [0.15, 0.2) is 23.3 Å². The highest BCUT2D eigenvalue weighted by Crippen LogP contribution is 2.64. The van der Waals surface area contributed by atoms with Crippen molar-refractivity contribution in [3.8, 4) is 0 Å². The summed E-state index contributed by atoms with van der Waals surface area (Å²) in [5.74, 6) is 1.12. The second-order valence-corrected chi connectivity index (χ2v) is 17.1. The Balaban J connectivity index is 1.57. The average molecular weight is 447 g/mol. The minimum atomic E-state index is -1.81. The van der Waals surface area contributed by atoms with Crippen LogP contribution in [0.3, 0.4) is 0 Å². The molecule has 1 spiro atoms. The Hall–Kier alpha value is -0.913. The van der Waals surface area contributed by atoms with Gasteiger partial charge in [0, 0.05) is 11.0 Å². The lowest BCUT2D eigenvalue weighted by Crippen LogP contribution is -2.59. The molecule has 3 aliphatic heterocycles. The van der Waals surface area contributed by atoms with Crippen molar-refractivity contribution < 1.29 is 18.7 Å². The minimum Gasteiger partial charge on any atom is -0.458 e. The van der Waals surface area contributed by atoms with Gasteiger partial charge in [-0.3, -0.25) is 0 Å². The van der Waals surface area contributed by atoms with E-state index in [1.807, 2.05) is 6.08 Å². The Morgan fingerprint density at radius 3 is 2.68 bits per heavy atom. The van der Waals surface area contributed by atoms with Gasteiger partial charge in [-0.25, -0.2) is 4.79 Å². The van der Waals surface area contributed by atoms with Crippen molar-refractivity contribution >= 4 is 14.3 Å². The number of rotatable bonds is 6. The van der Waals surface area contributed by atoms with Gasteiger partial charge in [0.2, 0.25) is 0 Å². The summed E-state index contributed by atoms with van der Waals surface area (Å²) in [5, 5.41) is 0.216. The molecule has 5 aliphatic rings. The van der Waals surface area contributed by atoms with E-state index in [2.05, 4.69) is 53.8 Å². The number of hydrogen-bond acceptors (Lipinski definition) is 4. The third-order valence-electron chi connectivity index (χ3n) is 9.80. The maximum absolute atomic E-state index is 12.0. The van der Waals surface area contributed by atoms with Gasteiger partial charge < -0.3 is 13.9 Å². The smallest absolute Gasteiger partial charge is 0.334 e. The van der Waals surface area contributed by atoms with E-state index in [4.69, 9.17) is 13.9 Å². The molecule has 0 unspecified atom stereocenters. The highest BCUT2D eigenvalue weighted by molar-refractivity contribution is 6.74. The average Bonchev–Trinajstić information content (AvgIpc) is 3.12. The topological polar surface area (TPSA) is 44.8 Å². The first kappa shape index (κ1) is 23.3. The SMILES string of the molecule is C[C@@H]1CC[C@@]23CO[C@@H](C=C2CO[Si](C)(C)C(C)(C)C)C[C@@H]3[C@@]1(C)CCC1=CCOC1=O. The van der Waals surface area contributed by atoms with Gasteiger partial charge in [0.05, 0.1) is 19.3 Å². The van der Waals surface area contributed by atoms with E-state index in [1.165, 1.54) is 18.4 Å². The monoisotopic (exact) mass is 446 g/mol. The molecule has 5 heteroatoms. The maximum atomic E-state index is 12.0. The fraction of sp³-hybridized carbons (Fsp3) is 0.808. The van der Waals surface area contributed by atoms with Crippen LogP contribution in [0.4, 0.5) is 0 Å². The molecule has 2 aliphatic carbocycles. The molecule has 5 rings (SSSR count). The third-order valence-corrected chi connectivity index (χ3v) is 14.3. The van der Waals surface area contributed by atoms with Crippen LogP contribution in [-0.4, -0.2) is 40.2 Å². The third kappa shape index (κ3) is 3.89. The van der Waals surface area contributed by atoms with Crippen molar-refractivity contribution in [1.29, 1.82) is 0 Å². The van der Waals surface area contributed by atoms with Crippen LogP contribution < -0.4 is 0 Å².